The van der Waals surface area contributed by atoms with Gasteiger partial charge in [0.15, 0.2) is 0 Å². The zero-order valence-electron chi connectivity index (χ0n) is 11.3. The molecule has 0 aromatic carbocycles. The van der Waals surface area contributed by atoms with Gasteiger partial charge < -0.3 is 10.4 Å². The fourth-order valence-electron chi connectivity index (χ4n) is 2.84. The highest BCUT2D eigenvalue weighted by Crippen LogP contribution is 2.42. The molecule has 1 fully saturated rings. The van der Waals surface area contributed by atoms with Gasteiger partial charge in [0.05, 0.1) is 17.5 Å². The molecule has 108 valence electrons. The fraction of sp³-hybridized carbons (Fsp3) is 0.333. The van der Waals surface area contributed by atoms with Crippen LogP contribution < -0.4 is 5.32 Å². The second-order valence-corrected chi connectivity index (χ2v) is 7.26. The average Bonchev–Trinajstić information content (AvgIpc) is 3.12. The minimum Gasteiger partial charge on any atom is -0.393 e. The summed E-state index contributed by atoms with van der Waals surface area (Å²) < 4.78 is 0. The van der Waals surface area contributed by atoms with Crippen LogP contribution in [0.4, 0.5) is 5.82 Å². The quantitative estimate of drug-likeness (QED) is 0.771. The monoisotopic (exact) mass is 317 g/mol. The Kier molecular flexibility index (Phi) is 3.37. The van der Waals surface area contributed by atoms with Gasteiger partial charge in [-0.2, -0.15) is 0 Å². The predicted molar refractivity (Wildman–Crippen MR) is 86.8 cm³/mol. The molecule has 1 atom stereocenters. The van der Waals surface area contributed by atoms with Crippen LogP contribution in [0, 0.1) is 5.92 Å². The van der Waals surface area contributed by atoms with Gasteiger partial charge >= 0.3 is 0 Å². The Hall–Kier alpha value is -1.50. The van der Waals surface area contributed by atoms with Crippen molar-refractivity contribution in [2.24, 2.45) is 5.92 Å². The summed E-state index contributed by atoms with van der Waals surface area (Å²) in [6, 6.07) is 6.50. The van der Waals surface area contributed by atoms with E-state index in [2.05, 4.69) is 38.9 Å². The third-order valence-corrected chi connectivity index (χ3v) is 5.80. The fourth-order valence-corrected chi connectivity index (χ4v) is 4.45. The maximum Gasteiger partial charge on any atom is 0.138 e. The molecule has 0 spiro atoms. The van der Waals surface area contributed by atoms with Crippen LogP contribution >= 0.6 is 22.7 Å². The molecule has 1 aliphatic rings. The first-order valence-electron chi connectivity index (χ1n) is 6.97. The summed E-state index contributed by atoms with van der Waals surface area (Å²) in [6.45, 7) is 0. The van der Waals surface area contributed by atoms with Gasteiger partial charge in [-0.1, -0.05) is 6.07 Å². The number of fused-ring (bicyclic) bond motifs is 1. The van der Waals surface area contributed by atoms with Gasteiger partial charge in [0, 0.05) is 4.88 Å². The first kappa shape index (κ1) is 13.2. The second-order valence-electron chi connectivity index (χ2n) is 5.38. The van der Waals surface area contributed by atoms with E-state index in [1.54, 1.807) is 29.0 Å². The highest BCUT2D eigenvalue weighted by atomic mass is 32.1. The zero-order valence-corrected chi connectivity index (χ0v) is 12.9. The van der Waals surface area contributed by atoms with E-state index in [1.165, 1.54) is 4.88 Å². The molecule has 0 amide bonds. The van der Waals surface area contributed by atoms with Crippen molar-refractivity contribution in [3.05, 3.63) is 40.2 Å². The van der Waals surface area contributed by atoms with Crippen molar-refractivity contribution in [1.29, 1.82) is 0 Å². The topological polar surface area (TPSA) is 58.0 Å². The molecule has 0 saturated heterocycles. The van der Waals surface area contributed by atoms with Crippen LogP contribution in [0.15, 0.2) is 35.3 Å². The normalized spacial score (nSPS) is 22.9. The van der Waals surface area contributed by atoms with Gasteiger partial charge in [-0.25, -0.2) is 9.97 Å². The summed E-state index contributed by atoms with van der Waals surface area (Å²) in [5.41, 5.74) is 0. The lowest BCUT2D eigenvalue weighted by molar-refractivity contribution is 0.0344. The molecule has 1 saturated carbocycles. The number of thiophene rings is 2. The number of rotatable bonds is 4. The van der Waals surface area contributed by atoms with Crippen molar-refractivity contribution < 1.29 is 5.11 Å². The lowest BCUT2D eigenvalue weighted by Crippen LogP contribution is -2.35. The van der Waals surface area contributed by atoms with Crippen molar-refractivity contribution in [1.82, 2.24) is 9.97 Å². The Morgan fingerprint density at radius 3 is 2.86 bits per heavy atom. The van der Waals surface area contributed by atoms with Crippen LogP contribution in [0.25, 0.3) is 10.2 Å². The van der Waals surface area contributed by atoms with Crippen molar-refractivity contribution in [2.45, 2.75) is 25.0 Å². The van der Waals surface area contributed by atoms with E-state index < -0.39 is 0 Å². The maximum atomic E-state index is 9.62. The van der Waals surface area contributed by atoms with E-state index in [0.717, 1.165) is 28.9 Å². The van der Waals surface area contributed by atoms with Gasteiger partial charge in [0.25, 0.3) is 0 Å². The van der Waals surface area contributed by atoms with E-state index in [-0.39, 0.29) is 12.1 Å². The van der Waals surface area contributed by atoms with Crippen LogP contribution in [0.3, 0.4) is 0 Å². The molecule has 6 heteroatoms. The van der Waals surface area contributed by atoms with Gasteiger partial charge in [-0.15, -0.1) is 22.7 Å². The van der Waals surface area contributed by atoms with Crippen LogP contribution in [0.2, 0.25) is 0 Å². The Labute approximate surface area is 130 Å². The van der Waals surface area contributed by atoms with Gasteiger partial charge in [-0.05, 0) is 41.7 Å². The van der Waals surface area contributed by atoms with Crippen molar-refractivity contribution in [3.8, 4) is 0 Å². The number of nitrogens with zero attached hydrogens (tertiary/aromatic N) is 2. The highest BCUT2D eigenvalue weighted by Gasteiger charge is 2.35. The molecule has 1 unspecified atom stereocenters. The van der Waals surface area contributed by atoms with Crippen molar-refractivity contribution >= 4 is 38.7 Å². The molecule has 21 heavy (non-hydrogen) atoms. The van der Waals surface area contributed by atoms with E-state index >= 15 is 0 Å². The summed E-state index contributed by atoms with van der Waals surface area (Å²) in [7, 11) is 0. The highest BCUT2D eigenvalue weighted by molar-refractivity contribution is 7.16. The molecule has 0 bridgehead atoms. The lowest BCUT2D eigenvalue weighted by atomic mass is 9.77. The van der Waals surface area contributed by atoms with E-state index in [4.69, 9.17) is 0 Å². The summed E-state index contributed by atoms with van der Waals surface area (Å²) in [6.07, 6.45) is 3.18. The Balaban J connectivity index is 1.67. The minimum absolute atomic E-state index is 0.147. The predicted octanol–water partition coefficient (Wildman–Crippen LogP) is 3.68. The molecule has 3 heterocycles. The number of aliphatic hydroxyl groups is 1. The Morgan fingerprint density at radius 1 is 1.19 bits per heavy atom. The third-order valence-electron chi connectivity index (χ3n) is 4.02. The maximum absolute atomic E-state index is 9.62. The molecule has 4 rings (SSSR count). The lowest BCUT2D eigenvalue weighted by Gasteiger charge is -2.38. The smallest absolute Gasteiger partial charge is 0.138 e. The van der Waals surface area contributed by atoms with Crippen LogP contribution in [-0.2, 0) is 0 Å². The number of aliphatic hydroxyl groups excluding tert-OH is 1. The molecular formula is C15H15N3OS2. The summed E-state index contributed by atoms with van der Waals surface area (Å²) >= 11 is 3.38. The minimum atomic E-state index is -0.147. The molecule has 4 nitrogen and oxygen atoms in total. The van der Waals surface area contributed by atoms with Crippen LogP contribution in [0.1, 0.15) is 23.8 Å². The average molecular weight is 317 g/mol. The first-order chi connectivity index (χ1) is 10.3. The van der Waals surface area contributed by atoms with Crippen LogP contribution in [-0.4, -0.2) is 21.2 Å². The number of aromatic nitrogens is 2. The van der Waals surface area contributed by atoms with Crippen molar-refractivity contribution in [3.63, 3.8) is 0 Å². The largest absolute Gasteiger partial charge is 0.393 e. The summed E-state index contributed by atoms with van der Waals surface area (Å²) in [4.78, 5) is 11.0. The van der Waals surface area contributed by atoms with E-state index in [9.17, 15) is 5.11 Å². The molecule has 0 aliphatic heterocycles. The second kappa shape index (κ2) is 5.36. The summed E-state index contributed by atoms with van der Waals surface area (Å²) in [5, 5.41) is 18.4. The molecule has 0 radical (unpaired) electrons. The molecule has 2 N–H and O–H groups in total. The molecular weight excluding hydrogens is 302 g/mol. The van der Waals surface area contributed by atoms with Crippen LogP contribution in [0.5, 0.6) is 0 Å². The van der Waals surface area contributed by atoms with Gasteiger partial charge in [-0.3, -0.25) is 0 Å². The molecule has 3 aromatic rings. The van der Waals surface area contributed by atoms with Gasteiger partial charge in [0.2, 0.25) is 0 Å². The SMILES string of the molecule is OC1CC(C(Nc2ncnc3sccc23)c2cccs2)C1. The Morgan fingerprint density at radius 2 is 2.10 bits per heavy atom. The van der Waals surface area contributed by atoms with E-state index in [1.807, 2.05) is 5.38 Å². The van der Waals surface area contributed by atoms with E-state index in [0.29, 0.717) is 5.92 Å². The number of hydrogen-bond acceptors (Lipinski definition) is 6. The number of nitrogens with one attached hydrogen (secondary N) is 1. The molecule has 3 aromatic heterocycles. The zero-order chi connectivity index (χ0) is 14.2. The number of anilines is 1. The molecule has 1 aliphatic carbocycles. The third kappa shape index (κ3) is 2.43. The number of hydrogen-bond donors (Lipinski definition) is 2. The standard InChI is InChI=1S/C15H15N3OS2/c19-10-6-9(7-10)13(12-2-1-4-20-12)18-14-11-3-5-21-15(11)17-8-16-14/h1-5,8-10,13,19H,6-7H2,(H,16,17,18). The first-order valence-corrected chi connectivity index (χ1v) is 8.73. The van der Waals surface area contributed by atoms with Gasteiger partial charge in [0.1, 0.15) is 17.0 Å². The van der Waals surface area contributed by atoms with Crippen molar-refractivity contribution in [2.75, 3.05) is 5.32 Å². The Bertz CT molecular complexity index is 734. The summed E-state index contributed by atoms with van der Waals surface area (Å²) in [5.74, 6) is 1.35.